The number of carbonyl (C=O) groups excluding carboxylic acids is 2. The number of likely N-dealkylation sites (tertiary alicyclic amines) is 1. The quantitative estimate of drug-likeness (QED) is 0.785. The molecule has 1 aliphatic carbocycles. The molecule has 2 rings (SSSR count). The van der Waals surface area contributed by atoms with Crippen LogP contribution in [0.3, 0.4) is 0 Å². The van der Waals surface area contributed by atoms with Crippen LogP contribution in [0, 0.1) is 0 Å². The van der Waals surface area contributed by atoms with E-state index in [4.69, 9.17) is 0 Å². The van der Waals surface area contributed by atoms with E-state index in [1.54, 1.807) is 6.08 Å². The molecule has 0 saturated carbocycles. The predicted molar refractivity (Wildman–Crippen MR) is 96.2 cm³/mol. The maximum Gasteiger partial charge on any atom is 0.253 e. The van der Waals surface area contributed by atoms with Gasteiger partial charge >= 0.3 is 0 Å². The largest absolute Gasteiger partial charge is 0.339 e. The molecule has 0 aromatic carbocycles. The van der Waals surface area contributed by atoms with E-state index in [0.29, 0.717) is 12.0 Å². The third kappa shape index (κ3) is 5.81. The number of hydrogen-bond donors (Lipinski definition) is 1. The minimum absolute atomic E-state index is 0.0952. The smallest absolute Gasteiger partial charge is 0.253 e. The fourth-order valence-corrected chi connectivity index (χ4v) is 2.73. The molecule has 5 nitrogen and oxygen atoms in total. The Bertz CT molecular complexity index is 579. The van der Waals surface area contributed by atoms with Crippen LogP contribution >= 0.6 is 0 Å². The maximum absolute atomic E-state index is 12.5. The van der Waals surface area contributed by atoms with Gasteiger partial charge in [-0.25, -0.2) is 0 Å². The van der Waals surface area contributed by atoms with Gasteiger partial charge in [-0.2, -0.15) is 0 Å². The van der Waals surface area contributed by atoms with Gasteiger partial charge in [0.1, 0.15) is 0 Å². The minimum atomic E-state index is -0.143. The Morgan fingerprint density at radius 2 is 2.00 bits per heavy atom. The van der Waals surface area contributed by atoms with Crippen molar-refractivity contribution >= 4 is 11.8 Å². The van der Waals surface area contributed by atoms with Crippen LogP contribution in [0.4, 0.5) is 0 Å². The number of nitrogens with zero attached hydrogens (tertiary/aromatic N) is 2. The Balaban J connectivity index is 1.88. The molecule has 2 aliphatic rings. The highest BCUT2D eigenvalue weighted by atomic mass is 16.2. The summed E-state index contributed by atoms with van der Waals surface area (Å²) in [6.07, 6.45) is 14.7. The van der Waals surface area contributed by atoms with Gasteiger partial charge in [-0.15, -0.1) is 0 Å². The van der Waals surface area contributed by atoms with Crippen molar-refractivity contribution in [2.75, 3.05) is 33.7 Å². The second-order valence-corrected chi connectivity index (χ2v) is 6.42. The SMILES string of the molecule is CN(C)C/C=C/C(=O)NC1=CC=CC(C(=O)N2CCCCC2)=CC1. The van der Waals surface area contributed by atoms with Gasteiger partial charge < -0.3 is 15.1 Å². The third-order valence-corrected chi connectivity index (χ3v) is 4.03. The standard InChI is InChI=1S/C19H27N3O2/c1-21(2)13-7-10-18(23)20-17-9-6-8-16(11-12-17)19(24)22-14-4-3-5-15-22/h6-11H,3-5,12-15H2,1-2H3,(H,20,23)/b10-7+. The van der Waals surface area contributed by atoms with Crippen LogP contribution in [-0.4, -0.2) is 55.3 Å². The summed E-state index contributed by atoms with van der Waals surface area (Å²) in [5.74, 6) is -0.0477. The van der Waals surface area contributed by atoms with Crippen LogP contribution in [-0.2, 0) is 9.59 Å². The summed E-state index contributed by atoms with van der Waals surface area (Å²) in [6.45, 7) is 2.41. The number of amides is 2. The van der Waals surface area contributed by atoms with Gasteiger partial charge in [-0.3, -0.25) is 9.59 Å². The number of likely N-dealkylation sites (N-methyl/N-ethyl adjacent to an activating group) is 1. The van der Waals surface area contributed by atoms with Crippen molar-refractivity contribution in [3.8, 4) is 0 Å². The molecule has 1 fully saturated rings. The molecule has 1 aliphatic heterocycles. The molecule has 0 aromatic heterocycles. The van der Waals surface area contributed by atoms with Crippen molar-refractivity contribution in [1.29, 1.82) is 0 Å². The first-order chi connectivity index (χ1) is 11.6. The van der Waals surface area contributed by atoms with Crippen molar-refractivity contribution in [3.63, 3.8) is 0 Å². The Kier molecular flexibility index (Phi) is 7.00. The van der Waals surface area contributed by atoms with E-state index in [1.807, 2.05) is 54.3 Å². The van der Waals surface area contributed by atoms with Crippen LogP contribution in [0.25, 0.3) is 0 Å². The molecule has 24 heavy (non-hydrogen) atoms. The first-order valence-electron chi connectivity index (χ1n) is 8.55. The second kappa shape index (κ2) is 9.23. The van der Waals surface area contributed by atoms with Gasteiger partial charge in [0.25, 0.3) is 5.91 Å². The molecule has 0 spiro atoms. The molecular weight excluding hydrogens is 302 g/mol. The van der Waals surface area contributed by atoms with E-state index < -0.39 is 0 Å². The fraction of sp³-hybridized carbons (Fsp3) is 0.474. The Labute approximate surface area is 144 Å². The molecular formula is C19H27N3O2. The van der Waals surface area contributed by atoms with Crippen molar-refractivity contribution in [2.24, 2.45) is 0 Å². The van der Waals surface area contributed by atoms with Crippen molar-refractivity contribution in [3.05, 3.63) is 47.7 Å². The highest BCUT2D eigenvalue weighted by Gasteiger charge is 2.19. The fourth-order valence-electron chi connectivity index (χ4n) is 2.73. The lowest BCUT2D eigenvalue weighted by atomic mass is 10.1. The van der Waals surface area contributed by atoms with Crippen LogP contribution in [0.2, 0.25) is 0 Å². The van der Waals surface area contributed by atoms with Crippen molar-refractivity contribution in [2.45, 2.75) is 25.7 Å². The first kappa shape index (κ1) is 18.2. The van der Waals surface area contributed by atoms with E-state index >= 15 is 0 Å². The summed E-state index contributed by atoms with van der Waals surface area (Å²) in [5, 5.41) is 2.87. The lowest BCUT2D eigenvalue weighted by Crippen LogP contribution is -2.36. The molecule has 0 radical (unpaired) electrons. The first-order valence-corrected chi connectivity index (χ1v) is 8.55. The number of rotatable bonds is 5. The number of piperidine rings is 1. The van der Waals surface area contributed by atoms with Gasteiger partial charge in [-0.1, -0.05) is 18.2 Å². The highest BCUT2D eigenvalue weighted by Crippen LogP contribution is 2.16. The van der Waals surface area contributed by atoms with E-state index in [0.717, 1.165) is 38.2 Å². The third-order valence-electron chi connectivity index (χ3n) is 4.03. The lowest BCUT2D eigenvalue weighted by Gasteiger charge is -2.27. The van der Waals surface area contributed by atoms with Gasteiger partial charge in [0.15, 0.2) is 0 Å². The Morgan fingerprint density at radius 1 is 1.25 bits per heavy atom. The minimum Gasteiger partial charge on any atom is -0.339 e. The molecule has 2 amide bonds. The molecule has 5 heteroatoms. The average molecular weight is 329 g/mol. The van der Waals surface area contributed by atoms with Crippen LogP contribution in [0.15, 0.2) is 47.7 Å². The monoisotopic (exact) mass is 329 g/mol. The zero-order valence-corrected chi connectivity index (χ0v) is 14.6. The molecule has 0 aromatic rings. The summed E-state index contributed by atoms with van der Waals surface area (Å²) in [5.41, 5.74) is 1.51. The zero-order valence-electron chi connectivity index (χ0n) is 14.6. The van der Waals surface area contributed by atoms with Crippen LogP contribution < -0.4 is 5.32 Å². The molecule has 1 N–H and O–H groups in total. The summed E-state index contributed by atoms with van der Waals surface area (Å²) < 4.78 is 0. The normalized spacial score (nSPS) is 18.4. The molecule has 0 bridgehead atoms. The summed E-state index contributed by atoms with van der Waals surface area (Å²) in [4.78, 5) is 28.3. The van der Waals surface area contributed by atoms with E-state index in [9.17, 15) is 9.59 Å². The van der Waals surface area contributed by atoms with Crippen LogP contribution in [0.1, 0.15) is 25.7 Å². The molecule has 1 saturated heterocycles. The van der Waals surface area contributed by atoms with Crippen LogP contribution in [0.5, 0.6) is 0 Å². The predicted octanol–water partition coefficient (Wildman–Crippen LogP) is 2.00. The second-order valence-electron chi connectivity index (χ2n) is 6.42. The molecule has 0 atom stereocenters. The molecule has 1 heterocycles. The molecule has 130 valence electrons. The van der Waals surface area contributed by atoms with E-state index in [1.165, 1.54) is 6.42 Å². The molecule has 0 unspecified atom stereocenters. The van der Waals surface area contributed by atoms with Gasteiger partial charge in [0, 0.05) is 43.4 Å². The summed E-state index contributed by atoms with van der Waals surface area (Å²) in [7, 11) is 3.90. The summed E-state index contributed by atoms with van der Waals surface area (Å²) in [6, 6.07) is 0. The van der Waals surface area contributed by atoms with E-state index in [-0.39, 0.29) is 11.8 Å². The number of hydrogen-bond acceptors (Lipinski definition) is 3. The Hall–Kier alpha value is -2.14. The highest BCUT2D eigenvalue weighted by molar-refractivity contribution is 5.96. The van der Waals surface area contributed by atoms with Gasteiger partial charge in [-0.05, 0) is 45.5 Å². The van der Waals surface area contributed by atoms with Crippen molar-refractivity contribution < 1.29 is 9.59 Å². The zero-order chi connectivity index (χ0) is 17.4. The van der Waals surface area contributed by atoms with Crippen molar-refractivity contribution in [1.82, 2.24) is 15.1 Å². The summed E-state index contributed by atoms with van der Waals surface area (Å²) >= 11 is 0. The Morgan fingerprint density at radius 3 is 2.71 bits per heavy atom. The van der Waals surface area contributed by atoms with Gasteiger partial charge in [0.2, 0.25) is 5.91 Å². The number of carbonyl (C=O) groups is 2. The maximum atomic E-state index is 12.5. The topological polar surface area (TPSA) is 52.7 Å². The lowest BCUT2D eigenvalue weighted by molar-refractivity contribution is -0.127. The average Bonchev–Trinajstić information content (AvgIpc) is 2.80. The van der Waals surface area contributed by atoms with Gasteiger partial charge in [0.05, 0.1) is 0 Å². The number of allylic oxidation sites excluding steroid dienone is 3. The van der Waals surface area contributed by atoms with E-state index in [2.05, 4.69) is 5.32 Å². The number of nitrogens with one attached hydrogen (secondary N) is 1.